The van der Waals surface area contributed by atoms with Crippen LogP contribution >= 0.6 is 7.81 Å². The van der Waals surface area contributed by atoms with E-state index in [1.165, 1.54) is 0 Å². The molecule has 0 saturated heterocycles. The number of nitrogens with zero attached hydrogens (tertiary/aromatic N) is 1. The molecule has 0 unspecified atom stereocenters. The number of pyridine rings is 1. The Hall–Kier alpha value is -1.56. The molecule has 2 aromatic rings. The third-order valence-electron chi connectivity index (χ3n) is 1.06. The van der Waals surface area contributed by atoms with Crippen LogP contribution in [0.5, 0.6) is 0 Å². The molecule has 0 radical (unpaired) electrons. The number of aromatic amines is 1. The second-order valence-corrected chi connectivity index (χ2v) is 4.78. The van der Waals surface area contributed by atoms with Crippen molar-refractivity contribution in [3.8, 4) is 0 Å². The largest absolute Gasteiger partial charge is 1.00 e. The second-order valence-electron chi connectivity index (χ2n) is 2.87. The van der Waals surface area contributed by atoms with Gasteiger partial charge >= 0.3 is 34.4 Å². The van der Waals surface area contributed by atoms with Gasteiger partial charge in [-0.05, 0) is 24.3 Å². The van der Waals surface area contributed by atoms with E-state index in [1.54, 1.807) is 12.4 Å². The van der Waals surface area contributed by atoms with Crippen LogP contribution in [0.4, 0.5) is 25.2 Å². The minimum atomic E-state index is -10.7. The standard InChI is InChI=1S/C5H5N.C4H5N.F6P/c1-2-4-6-5-3-1;1-2-4-5-3-1;1-7(2,3,4,5)6/h1-5H;1-5H;/q;;-1/p+1. The van der Waals surface area contributed by atoms with Gasteiger partial charge in [-0.1, -0.05) is 6.07 Å². The molecule has 104 valence electrons. The van der Waals surface area contributed by atoms with Gasteiger partial charge in [0.25, 0.3) is 0 Å². The van der Waals surface area contributed by atoms with Crippen LogP contribution < -0.4 is 0 Å². The number of nitrogens with one attached hydrogen (secondary N) is 1. The van der Waals surface area contributed by atoms with Crippen molar-refractivity contribution in [2.45, 2.75) is 0 Å². The summed E-state index contributed by atoms with van der Waals surface area (Å²) in [4.78, 5) is 6.65. The maximum absolute atomic E-state index is 10.7. The summed E-state index contributed by atoms with van der Waals surface area (Å²) in [5, 5.41) is 0. The molecule has 0 saturated carbocycles. The smallest absolute Gasteiger partial charge is 0.368 e. The minimum absolute atomic E-state index is 0. The van der Waals surface area contributed by atoms with Crippen molar-refractivity contribution in [3.63, 3.8) is 0 Å². The molecule has 0 aromatic carbocycles. The zero-order chi connectivity index (χ0) is 14.2. The Morgan fingerprint density at radius 1 is 0.722 bits per heavy atom. The number of hydrogen-bond donors (Lipinski definition) is 1. The molecule has 0 atom stereocenters. The molecule has 1 N–H and O–H groups in total. The van der Waals surface area contributed by atoms with E-state index in [0.717, 1.165) is 0 Å². The van der Waals surface area contributed by atoms with E-state index in [1.807, 2.05) is 42.7 Å². The average Bonchev–Trinajstić information content (AvgIpc) is 2.73. The van der Waals surface area contributed by atoms with E-state index >= 15 is 0 Å². The van der Waals surface area contributed by atoms with Gasteiger partial charge in [0, 0.05) is 24.8 Å². The van der Waals surface area contributed by atoms with Gasteiger partial charge in [-0.25, -0.2) is 0 Å². The fourth-order valence-corrected chi connectivity index (χ4v) is 0.590. The monoisotopic (exact) mass is 292 g/mol. The molecule has 0 amide bonds. The summed E-state index contributed by atoms with van der Waals surface area (Å²) in [5.74, 6) is 0. The van der Waals surface area contributed by atoms with Gasteiger partial charge in [0.2, 0.25) is 0 Å². The van der Waals surface area contributed by atoms with E-state index in [-0.39, 0.29) is 1.43 Å². The molecule has 0 aliphatic heterocycles. The van der Waals surface area contributed by atoms with E-state index in [9.17, 15) is 25.2 Å². The molecule has 0 aliphatic rings. The Balaban J connectivity index is 0. The zero-order valence-corrected chi connectivity index (χ0v) is 9.75. The molecular formula is C9H11F6N2P. The summed E-state index contributed by atoms with van der Waals surface area (Å²) in [6, 6.07) is 9.60. The molecule has 0 bridgehead atoms. The van der Waals surface area contributed by atoms with Crippen LogP contribution in [0.3, 0.4) is 0 Å². The maximum Gasteiger partial charge on any atom is 1.00 e. The van der Waals surface area contributed by atoms with Crippen molar-refractivity contribution in [3.05, 3.63) is 55.1 Å². The van der Waals surface area contributed by atoms with Crippen molar-refractivity contribution in [1.29, 1.82) is 0 Å². The Bertz CT molecular complexity index is 360. The van der Waals surface area contributed by atoms with Crippen molar-refractivity contribution >= 4 is 7.81 Å². The van der Waals surface area contributed by atoms with Crippen LogP contribution in [-0.4, -0.2) is 9.97 Å². The third kappa shape index (κ3) is 29.3. The number of rotatable bonds is 0. The molecular weight excluding hydrogens is 281 g/mol. The van der Waals surface area contributed by atoms with Crippen LogP contribution in [0.2, 0.25) is 0 Å². The first-order chi connectivity index (χ1) is 7.95. The van der Waals surface area contributed by atoms with Crippen molar-refractivity contribution in [2.24, 2.45) is 0 Å². The van der Waals surface area contributed by atoms with Crippen molar-refractivity contribution in [1.82, 2.24) is 9.97 Å². The Morgan fingerprint density at radius 3 is 1.22 bits per heavy atom. The number of halogens is 6. The summed E-state index contributed by atoms with van der Waals surface area (Å²) in [6.45, 7) is 0. The van der Waals surface area contributed by atoms with Crippen LogP contribution in [0, 0.1) is 0 Å². The fourth-order valence-electron chi connectivity index (χ4n) is 0.590. The van der Waals surface area contributed by atoms with Gasteiger partial charge in [-0.2, -0.15) is 0 Å². The third-order valence-corrected chi connectivity index (χ3v) is 1.06. The van der Waals surface area contributed by atoms with Gasteiger partial charge in [0.15, 0.2) is 0 Å². The van der Waals surface area contributed by atoms with E-state index in [2.05, 4.69) is 9.97 Å². The maximum atomic E-state index is 9.87. The quantitative estimate of drug-likeness (QED) is 0.497. The average molecular weight is 292 g/mol. The van der Waals surface area contributed by atoms with E-state index < -0.39 is 7.81 Å². The molecule has 9 heteroatoms. The zero-order valence-electron chi connectivity index (χ0n) is 9.86. The van der Waals surface area contributed by atoms with E-state index in [0.29, 0.717) is 0 Å². The predicted molar refractivity (Wildman–Crippen MR) is 59.7 cm³/mol. The minimum Gasteiger partial charge on any atom is -0.368 e. The Labute approximate surface area is 100 Å². The molecule has 0 spiro atoms. The summed E-state index contributed by atoms with van der Waals surface area (Å²) in [6.07, 6.45) is 7.25. The summed E-state index contributed by atoms with van der Waals surface area (Å²) in [5.41, 5.74) is 0. The predicted octanol–water partition coefficient (Wildman–Crippen LogP) is 5.59. The molecule has 0 aliphatic carbocycles. The first-order valence-electron chi connectivity index (χ1n) is 4.44. The van der Waals surface area contributed by atoms with E-state index in [4.69, 9.17) is 0 Å². The van der Waals surface area contributed by atoms with Crippen LogP contribution in [-0.2, 0) is 0 Å². The number of H-pyrrole nitrogens is 1. The van der Waals surface area contributed by atoms with Gasteiger partial charge in [0.05, 0.1) is 0 Å². The van der Waals surface area contributed by atoms with Gasteiger partial charge in [0.1, 0.15) is 0 Å². The molecule has 18 heavy (non-hydrogen) atoms. The molecule has 2 nitrogen and oxygen atoms in total. The fraction of sp³-hybridized carbons (Fsp3) is 0. The first-order valence-corrected chi connectivity index (χ1v) is 6.47. The van der Waals surface area contributed by atoms with Gasteiger partial charge in [-0.15, -0.1) is 0 Å². The van der Waals surface area contributed by atoms with Crippen LogP contribution in [0.15, 0.2) is 55.1 Å². The summed E-state index contributed by atoms with van der Waals surface area (Å²) < 4.78 is 59.2. The van der Waals surface area contributed by atoms with Gasteiger partial charge in [-0.3, -0.25) is 4.98 Å². The first kappa shape index (κ1) is 16.4. The van der Waals surface area contributed by atoms with Crippen molar-refractivity contribution < 1.29 is 26.6 Å². The Morgan fingerprint density at radius 2 is 1.11 bits per heavy atom. The van der Waals surface area contributed by atoms with Crippen molar-refractivity contribution in [2.75, 3.05) is 0 Å². The van der Waals surface area contributed by atoms with Gasteiger partial charge < -0.3 is 4.98 Å². The second kappa shape index (κ2) is 5.39. The molecule has 2 aromatic heterocycles. The SMILES string of the molecule is F[P-](F)(F)(F)(F)F.[H+].c1cc[nH]c1.c1ccncc1. The summed E-state index contributed by atoms with van der Waals surface area (Å²) >= 11 is 0. The van der Waals surface area contributed by atoms with Crippen LogP contribution in [0.1, 0.15) is 1.43 Å². The summed E-state index contributed by atoms with van der Waals surface area (Å²) in [7, 11) is -10.7. The number of aromatic nitrogens is 2. The molecule has 2 heterocycles. The number of hydrogen-bond acceptors (Lipinski definition) is 1. The Kier molecular flexibility index (Phi) is 4.92. The molecule has 0 fully saturated rings. The normalized spacial score (nSPS) is 13.9. The molecule has 2 rings (SSSR count). The topological polar surface area (TPSA) is 28.7 Å². The van der Waals surface area contributed by atoms with Crippen LogP contribution in [0.25, 0.3) is 0 Å².